The van der Waals surface area contributed by atoms with Gasteiger partial charge in [-0.3, -0.25) is 0 Å². The van der Waals surface area contributed by atoms with E-state index in [2.05, 4.69) is 13.5 Å². The zero-order chi connectivity index (χ0) is 11.1. The van der Waals surface area contributed by atoms with Gasteiger partial charge in [-0.1, -0.05) is 31.2 Å². The summed E-state index contributed by atoms with van der Waals surface area (Å²) < 4.78 is 6.00. The molecule has 0 saturated heterocycles. The predicted molar refractivity (Wildman–Crippen MR) is 65.7 cm³/mol. The minimum atomic E-state index is 0.0703. The topological polar surface area (TPSA) is 9.23 Å². The third-order valence-corrected chi connectivity index (χ3v) is 2.90. The van der Waals surface area contributed by atoms with Gasteiger partial charge in [0.25, 0.3) is 0 Å². The Labute approximate surface area is 93.5 Å². The summed E-state index contributed by atoms with van der Waals surface area (Å²) in [5.41, 5.74) is 0.0703. The summed E-state index contributed by atoms with van der Waals surface area (Å²) in [4.78, 5) is 0. The lowest BCUT2D eigenvalue weighted by molar-refractivity contribution is -0.0116. The average molecular weight is 206 g/mol. The second-order valence-electron chi connectivity index (χ2n) is 4.51. The lowest BCUT2D eigenvalue weighted by Gasteiger charge is -2.34. The molecule has 1 aliphatic rings. The average Bonchev–Trinajstić information content (AvgIpc) is 2.18. The Kier molecular flexibility index (Phi) is 4.67. The summed E-state index contributed by atoms with van der Waals surface area (Å²) in [5.74, 6) is 0.998. The maximum atomic E-state index is 6.00. The van der Waals surface area contributed by atoms with Crippen LogP contribution in [0.3, 0.4) is 0 Å². The minimum absolute atomic E-state index is 0.0703. The molecule has 0 unspecified atom stereocenters. The summed E-state index contributed by atoms with van der Waals surface area (Å²) in [6, 6.07) is 0. The van der Waals surface area contributed by atoms with Crippen molar-refractivity contribution in [3.8, 4) is 0 Å². The van der Waals surface area contributed by atoms with Gasteiger partial charge in [-0.15, -0.1) is 0 Å². The Hall–Kier alpha value is -0.980. The number of hydrogen-bond acceptors (Lipinski definition) is 1. The van der Waals surface area contributed by atoms with E-state index in [0.717, 1.165) is 5.76 Å². The molecule has 0 aromatic heterocycles. The molecule has 1 rings (SSSR count). The van der Waals surface area contributed by atoms with Crippen LogP contribution in [0, 0.1) is 0 Å². The highest BCUT2D eigenvalue weighted by Gasteiger charge is 2.28. The van der Waals surface area contributed by atoms with Gasteiger partial charge < -0.3 is 4.74 Å². The van der Waals surface area contributed by atoms with Crippen LogP contribution in [0.25, 0.3) is 0 Å². The summed E-state index contributed by atoms with van der Waals surface area (Å²) in [5, 5.41) is 0. The van der Waals surface area contributed by atoms with Crippen molar-refractivity contribution in [3.63, 3.8) is 0 Å². The maximum absolute atomic E-state index is 6.00. The quantitative estimate of drug-likeness (QED) is 0.490. The molecular formula is C14H22O. The molecule has 84 valence electrons. The van der Waals surface area contributed by atoms with Crippen LogP contribution >= 0.6 is 0 Å². The monoisotopic (exact) mass is 206 g/mol. The van der Waals surface area contributed by atoms with E-state index in [1.807, 2.05) is 25.2 Å². The van der Waals surface area contributed by atoms with E-state index in [1.54, 1.807) is 6.08 Å². The highest BCUT2D eigenvalue weighted by Crippen LogP contribution is 2.32. The lowest BCUT2D eigenvalue weighted by atomic mass is 9.86. The van der Waals surface area contributed by atoms with Gasteiger partial charge in [-0.25, -0.2) is 0 Å². The molecule has 0 amide bonds. The summed E-state index contributed by atoms with van der Waals surface area (Å²) >= 11 is 0. The van der Waals surface area contributed by atoms with Crippen LogP contribution in [0.15, 0.2) is 36.6 Å². The lowest BCUT2D eigenvalue weighted by Crippen LogP contribution is -2.30. The van der Waals surface area contributed by atoms with Crippen LogP contribution in [0.4, 0.5) is 0 Å². The molecule has 0 heterocycles. The Morgan fingerprint density at radius 2 is 1.87 bits per heavy atom. The molecular weight excluding hydrogens is 184 g/mol. The van der Waals surface area contributed by atoms with Crippen molar-refractivity contribution in [1.29, 1.82) is 0 Å². The first-order valence-electron chi connectivity index (χ1n) is 5.81. The Balaban J connectivity index is 2.48. The van der Waals surface area contributed by atoms with Crippen LogP contribution < -0.4 is 0 Å². The molecule has 1 aliphatic carbocycles. The van der Waals surface area contributed by atoms with Crippen LogP contribution in [-0.2, 0) is 4.74 Å². The van der Waals surface area contributed by atoms with Gasteiger partial charge in [-0.05, 0) is 45.6 Å². The zero-order valence-corrected chi connectivity index (χ0v) is 9.96. The first-order valence-corrected chi connectivity index (χ1v) is 5.81. The SMILES string of the molecule is C=C/C=C\C=C(/C)OC1(C)CCCCC1. The maximum Gasteiger partial charge on any atom is 0.106 e. The fourth-order valence-electron chi connectivity index (χ4n) is 2.09. The molecule has 0 atom stereocenters. The highest BCUT2D eigenvalue weighted by molar-refractivity contribution is 5.11. The molecule has 0 bridgehead atoms. The molecule has 0 aliphatic heterocycles. The first kappa shape index (κ1) is 12.1. The zero-order valence-electron chi connectivity index (χ0n) is 9.96. The van der Waals surface area contributed by atoms with E-state index in [4.69, 9.17) is 4.74 Å². The Bertz CT molecular complexity index is 255. The molecule has 0 spiro atoms. The number of ether oxygens (including phenoxy) is 1. The van der Waals surface area contributed by atoms with E-state index in [1.165, 1.54) is 32.1 Å². The van der Waals surface area contributed by atoms with Crippen molar-refractivity contribution in [2.75, 3.05) is 0 Å². The van der Waals surface area contributed by atoms with Gasteiger partial charge in [0.1, 0.15) is 5.60 Å². The Morgan fingerprint density at radius 3 is 2.47 bits per heavy atom. The number of hydrogen-bond donors (Lipinski definition) is 0. The molecule has 1 nitrogen and oxygen atoms in total. The van der Waals surface area contributed by atoms with Gasteiger partial charge in [0.05, 0.1) is 5.76 Å². The van der Waals surface area contributed by atoms with Crippen LogP contribution in [-0.4, -0.2) is 5.60 Å². The molecule has 0 aromatic carbocycles. The summed E-state index contributed by atoms with van der Waals surface area (Å²) in [7, 11) is 0. The van der Waals surface area contributed by atoms with Crippen LogP contribution in [0.1, 0.15) is 46.0 Å². The van der Waals surface area contributed by atoms with E-state index in [-0.39, 0.29) is 5.60 Å². The molecule has 0 N–H and O–H groups in total. The van der Waals surface area contributed by atoms with Gasteiger partial charge in [0.15, 0.2) is 0 Å². The van der Waals surface area contributed by atoms with E-state index in [0.29, 0.717) is 0 Å². The summed E-state index contributed by atoms with van der Waals surface area (Å²) in [6.45, 7) is 7.87. The standard InChI is InChI=1S/C14H22O/c1-4-5-7-10-13(2)15-14(3)11-8-6-9-12-14/h4-5,7,10H,1,6,8-9,11-12H2,2-3H3/b7-5-,13-10+. The highest BCUT2D eigenvalue weighted by atomic mass is 16.5. The van der Waals surface area contributed by atoms with Gasteiger partial charge in [0.2, 0.25) is 0 Å². The molecule has 0 aromatic rings. The van der Waals surface area contributed by atoms with E-state index >= 15 is 0 Å². The second kappa shape index (κ2) is 5.79. The van der Waals surface area contributed by atoms with Crippen molar-refractivity contribution in [1.82, 2.24) is 0 Å². The third-order valence-electron chi connectivity index (χ3n) is 2.90. The fourth-order valence-corrected chi connectivity index (χ4v) is 2.09. The smallest absolute Gasteiger partial charge is 0.106 e. The van der Waals surface area contributed by atoms with Crippen molar-refractivity contribution in [3.05, 3.63) is 36.6 Å². The normalized spacial score (nSPS) is 21.6. The molecule has 1 fully saturated rings. The number of allylic oxidation sites excluding steroid dienone is 5. The van der Waals surface area contributed by atoms with Crippen molar-refractivity contribution in [2.24, 2.45) is 0 Å². The fraction of sp³-hybridized carbons (Fsp3) is 0.571. The van der Waals surface area contributed by atoms with Gasteiger partial charge >= 0.3 is 0 Å². The van der Waals surface area contributed by atoms with Gasteiger partial charge in [-0.2, -0.15) is 0 Å². The molecule has 1 saturated carbocycles. The van der Waals surface area contributed by atoms with Crippen LogP contribution in [0.5, 0.6) is 0 Å². The summed E-state index contributed by atoms with van der Waals surface area (Å²) in [6.07, 6.45) is 14.0. The van der Waals surface area contributed by atoms with E-state index < -0.39 is 0 Å². The van der Waals surface area contributed by atoms with Crippen LogP contribution in [0.2, 0.25) is 0 Å². The number of rotatable bonds is 4. The van der Waals surface area contributed by atoms with Crippen molar-refractivity contribution < 1.29 is 4.74 Å². The van der Waals surface area contributed by atoms with E-state index in [9.17, 15) is 0 Å². The Morgan fingerprint density at radius 1 is 1.20 bits per heavy atom. The molecule has 0 radical (unpaired) electrons. The second-order valence-corrected chi connectivity index (χ2v) is 4.51. The molecule has 1 heteroatoms. The minimum Gasteiger partial charge on any atom is -0.492 e. The largest absolute Gasteiger partial charge is 0.492 e. The third kappa shape index (κ3) is 4.37. The molecule has 15 heavy (non-hydrogen) atoms. The predicted octanol–water partition coefficient (Wildman–Crippen LogP) is 4.37. The van der Waals surface area contributed by atoms with Crippen molar-refractivity contribution >= 4 is 0 Å². The first-order chi connectivity index (χ1) is 7.16. The van der Waals surface area contributed by atoms with Gasteiger partial charge in [0, 0.05) is 0 Å². The van der Waals surface area contributed by atoms with Crippen molar-refractivity contribution in [2.45, 2.75) is 51.6 Å².